The molecule has 0 radical (unpaired) electrons. The van der Waals surface area contributed by atoms with Crippen molar-refractivity contribution in [3.8, 4) is 6.07 Å². The van der Waals surface area contributed by atoms with Gasteiger partial charge >= 0.3 is 6.09 Å². The third kappa shape index (κ3) is 4.05. The molecule has 4 nitrogen and oxygen atoms in total. The molecular formula is C18H16N2O2S. The zero-order chi connectivity index (χ0) is 16.1. The van der Waals surface area contributed by atoms with Gasteiger partial charge in [-0.15, -0.1) is 11.8 Å². The van der Waals surface area contributed by atoms with E-state index in [0.717, 1.165) is 10.5 Å². The van der Waals surface area contributed by atoms with Crippen LogP contribution < -0.4 is 0 Å². The number of nitriles is 1. The number of thioether (sulfide) groups is 1. The number of carbonyl (C=O) groups is 1. The molecule has 3 rings (SSSR count). The summed E-state index contributed by atoms with van der Waals surface area (Å²) in [6.07, 6.45) is -0.259. The highest BCUT2D eigenvalue weighted by molar-refractivity contribution is 8.00. The van der Waals surface area contributed by atoms with E-state index in [2.05, 4.69) is 6.07 Å². The number of nitrogens with zero attached hydrogens (tertiary/aromatic N) is 2. The summed E-state index contributed by atoms with van der Waals surface area (Å²) in [5, 5.41) is 9.16. The van der Waals surface area contributed by atoms with Gasteiger partial charge in [-0.1, -0.05) is 30.3 Å². The molecule has 0 atom stereocenters. The van der Waals surface area contributed by atoms with Crippen molar-refractivity contribution in [2.75, 3.05) is 13.1 Å². The molecule has 2 aromatic carbocycles. The van der Waals surface area contributed by atoms with Gasteiger partial charge in [0.1, 0.15) is 6.61 Å². The molecule has 0 N–H and O–H groups in total. The van der Waals surface area contributed by atoms with Gasteiger partial charge in [0.15, 0.2) is 0 Å². The van der Waals surface area contributed by atoms with Gasteiger partial charge in [-0.25, -0.2) is 4.79 Å². The summed E-state index contributed by atoms with van der Waals surface area (Å²) in [6.45, 7) is 1.69. The van der Waals surface area contributed by atoms with Crippen LogP contribution in [0.1, 0.15) is 11.1 Å². The Labute approximate surface area is 139 Å². The van der Waals surface area contributed by atoms with Gasteiger partial charge in [-0.3, -0.25) is 0 Å². The lowest BCUT2D eigenvalue weighted by atomic mass is 10.2. The normalized spacial score (nSPS) is 14.0. The van der Waals surface area contributed by atoms with Crippen molar-refractivity contribution in [2.24, 2.45) is 0 Å². The molecule has 1 amide bonds. The van der Waals surface area contributed by atoms with Gasteiger partial charge in [0.2, 0.25) is 0 Å². The first-order chi connectivity index (χ1) is 11.2. The first-order valence-corrected chi connectivity index (χ1v) is 8.25. The Morgan fingerprint density at radius 2 is 1.87 bits per heavy atom. The van der Waals surface area contributed by atoms with Gasteiger partial charge in [0.25, 0.3) is 0 Å². The SMILES string of the molecule is N#Cc1ccc(SC2CN(C(=O)OCc3ccccc3)C2)cc1. The molecule has 0 aromatic heterocycles. The molecule has 116 valence electrons. The predicted octanol–water partition coefficient (Wildman–Crippen LogP) is 3.67. The lowest BCUT2D eigenvalue weighted by Gasteiger charge is -2.37. The maximum absolute atomic E-state index is 11.9. The fourth-order valence-electron chi connectivity index (χ4n) is 2.27. The van der Waals surface area contributed by atoms with E-state index in [-0.39, 0.29) is 6.09 Å². The largest absolute Gasteiger partial charge is 0.445 e. The number of amides is 1. The molecule has 1 aliphatic heterocycles. The number of rotatable bonds is 4. The second-order valence-electron chi connectivity index (χ2n) is 5.32. The average Bonchev–Trinajstić information content (AvgIpc) is 2.57. The fraction of sp³-hybridized carbons (Fsp3) is 0.222. The van der Waals surface area contributed by atoms with Gasteiger partial charge in [0, 0.05) is 23.2 Å². The van der Waals surface area contributed by atoms with E-state index < -0.39 is 0 Å². The first-order valence-electron chi connectivity index (χ1n) is 7.37. The molecule has 0 unspecified atom stereocenters. The van der Waals surface area contributed by atoms with Crippen LogP contribution >= 0.6 is 11.8 Å². The number of ether oxygens (including phenoxy) is 1. The summed E-state index contributed by atoms with van der Waals surface area (Å²) >= 11 is 1.73. The average molecular weight is 324 g/mol. The van der Waals surface area contributed by atoms with E-state index >= 15 is 0 Å². The van der Waals surface area contributed by atoms with Crippen molar-refractivity contribution in [3.05, 3.63) is 65.7 Å². The van der Waals surface area contributed by atoms with Crippen LogP contribution in [0.5, 0.6) is 0 Å². The molecule has 5 heteroatoms. The highest BCUT2D eigenvalue weighted by atomic mass is 32.2. The van der Waals surface area contributed by atoms with Gasteiger partial charge < -0.3 is 9.64 Å². The zero-order valence-corrected chi connectivity index (χ0v) is 13.3. The minimum atomic E-state index is -0.259. The van der Waals surface area contributed by atoms with E-state index in [1.165, 1.54) is 0 Å². The summed E-state index contributed by atoms with van der Waals surface area (Å²) in [4.78, 5) is 14.8. The van der Waals surface area contributed by atoms with E-state index in [9.17, 15) is 4.79 Å². The van der Waals surface area contributed by atoms with Crippen molar-refractivity contribution < 1.29 is 9.53 Å². The Morgan fingerprint density at radius 1 is 1.17 bits per heavy atom. The maximum atomic E-state index is 11.9. The lowest BCUT2D eigenvalue weighted by Crippen LogP contribution is -2.52. The Kier molecular flexibility index (Phi) is 4.84. The summed E-state index contributed by atoms with van der Waals surface area (Å²) < 4.78 is 5.30. The zero-order valence-electron chi connectivity index (χ0n) is 12.5. The van der Waals surface area contributed by atoms with Crippen LogP contribution in [-0.2, 0) is 11.3 Å². The number of benzene rings is 2. The number of likely N-dealkylation sites (tertiary alicyclic amines) is 1. The van der Waals surface area contributed by atoms with E-state index in [1.54, 1.807) is 16.7 Å². The Bertz CT molecular complexity index is 704. The standard InChI is InChI=1S/C18H16N2O2S/c19-10-14-6-8-16(9-7-14)23-17-11-20(12-17)18(21)22-13-15-4-2-1-3-5-15/h1-9,17H,11-13H2. The second-order valence-corrected chi connectivity index (χ2v) is 6.69. The quantitative estimate of drug-likeness (QED) is 0.861. The highest BCUT2D eigenvalue weighted by Crippen LogP contribution is 2.30. The van der Waals surface area contributed by atoms with Crippen LogP contribution in [0, 0.1) is 11.3 Å². The van der Waals surface area contributed by atoms with Crippen molar-refractivity contribution in [2.45, 2.75) is 16.8 Å². The molecule has 0 saturated carbocycles. The molecule has 0 spiro atoms. The second kappa shape index (κ2) is 7.21. The monoisotopic (exact) mass is 324 g/mol. The number of carbonyl (C=O) groups excluding carboxylic acids is 1. The third-order valence-corrected chi connectivity index (χ3v) is 4.77. The maximum Gasteiger partial charge on any atom is 0.410 e. The number of hydrogen-bond acceptors (Lipinski definition) is 4. The van der Waals surface area contributed by atoms with Crippen molar-refractivity contribution >= 4 is 17.9 Å². The van der Waals surface area contributed by atoms with Crippen molar-refractivity contribution in [3.63, 3.8) is 0 Å². The van der Waals surface area contributed by atoms with E-state index in [0.29, 0.717) is 30.5 Å². The first kappa shape index (κ1) is 15.4. The summed E-state index contributed by atoms with van der Waals surface area (Å²) in [7, 11) is 0. The van der Waals surface area contributed by atoms with Gasteiger partial charge in [-0.05, 0) is 29.8 Å². The van der Waals surface area contributed by atoms with Crippen LogP contribution in [-0.4, -0.2) is 29.3 Å². The minimum absolute atomic E-state index is 0.259. The smallest absolute Gasteiger partial charge is 0.410 e. The Morgan fingerprint density at radius 3 is 2.52 bits per heavy atom. The predicted molar refractivity (Wildman–Crippen MR) is 89.0 cm³/mol. The van der Waals surface area contributed by atoms with Crippen LogP contribution in [0.15, 0.2) is 59.5 Å². The van der Waals surface area contributed by atoms with Crippen LogP contribution in [0.2, 0.25) is 0 Å². The molecule has 23 heavy (non-hydrogen) atoms. The van der Waals surface area contributed by atoms with Crippen molar-refractivity contribution in [1.29, 1.82) is 5.26 Å². The van der Waals surface area contributed by atoms with Gasteiger partial charge in [-0.2, -0.15) is 5.26 Å². The molecule has 0 aliphatic carbocycles. The molecular weight excluding hydrogens is 308 g/mol. The molecule has 1 saturated heterocycles. The van der Waals surface area contributed by atoms with Crippen LogP contribution in [0.25, 0.3) is 0 Å². The summed E-state index contributed by atoms with van der Waals surface area (Å²) in [5.41, 5.74) is 1.65. The lowest BCUT2D eigenvalue weighted by molar-refractivity contribution is 0.0778. The summed E-state index contributed by atoms with van der Waals surface area (Å²) in [6, 6.07) is 19.3. The highest BCUT2D eigenvalue weighted by Gasteiger charge is 2.32. The van der Waals surface area contributed by atoms with E-state index in [4.69, 9.17) is 10.00 Å². The Hall–Kier alpha value is -2.45. The van der Waals surface area contributed by atoms with Crippen molar-refractivity contribution in [1.82, 2.24) is 4.90 Å². The molecule has 1 aliphatic rings. The van der Waals surface area contributed by atoms with Crippen LogP contribution in [0.4, 0.5) is 4.79 Å². The molecule has 1 fully saturated rings. The third-order valence-electron chi connectivity index (χ3n) is 3.60. The molecule has 1 heterocycles. The topological polar surface area (TPSA) is 53.3 Å². The minimum Gasteiger partial charge on any atom is -0.445 e. The Balaban J connectivity index is 1.41. The van der Waals surface area contributed by atoms with Crippen LogP contribution in [0.3, 0.4) is 0 Å². The molecule has 0 bridgehead atoms. The fourth-order valence-corrected chi connectivity index (χ4v) is 3.46. The molecule has 2 aromatic rings. The summed E-state index contributed by atoms with van der Waals surface area (Å²) in [5.74, 6) is 0. The van der Waals surface area contributed by atoms with Gasteiger partial charge in [0.05, 0.1) is 11.6 Å². The number of hydrogen-bond donors (Lipinski definition) is 0. The van der Waals surface area contributed by atoms with E-state index in [1.807, 2.05) is 54.6 Å².